The topological polar surface area (TPSA) is 101 Å². The first-order chi connectivity index (χ1) is 19.9. The Kier molecular flexibility index (Phi) is 9.73. The molecule has 0 aliphatic heterocycles. The second kappa shape index (κ2) is 13.6. The molecule has 0 spiro atoms. The molecule has 6 N–H and O–H groups in total. The van der Waals surface area contributed by atoms with Gasteiger partial charge in [0.1, 0.15) is 5.70 Å². The van der Waals surface area contributed by atoms with Crippen molar-refractivity contribution in [2.45, 2.75) is 95.7 Å². The van der Waals surface area contributed by atoms with Crippen molar-refractivity contribution in [3.05, 3.63) is 77.0 Å². The Hall–Kier alpha value is -3.22. The number of carbonyl (C=O) groups is 1. The van der Waals surface area contributed by atoms with Crippen molar-refractivity contribution in [1.82, 2.24) is 9.88 Å². The molecule has 5 rings (SSSR count). The normalized spacial score (nSPS) is 21.1. The zero-order valence-corrected chi connectivity index (χ0v) is 24.9. The molecule has 0 bridgehead atoms. The number of nitrogens with one attached hydrogen (secondary N) is 2. The summed E-state index contributed by atoms with van der Waals surface area (Å²) in [5.41, 5.74) is 13.1. The summed E-state index contributed by atoms with van der Waals surface area (Å²) in [7, 11) is 2.02. The highest BCUT2D eigenvalue weighted by molar-refractivity contribution is 5.90. The summed E-state index contributed by atoms with van der Waals surface area (Å²) in [5, 5.41) is 14.3. The third kappa shape index (κ3) is 7.17. The highest BCUT2D eigenvalue weighted by atomic mass is 16.1. The van der Waals surface area contributed by atoms with Crippen LogP contribution in [0.3, 0.4) is 0 Å². The number of amides is 1. The molecule has 218 valence electrons. The van der Waals surface area contributed by atoms with Crippen LogP contribution in [0.5, 0.6) is 0 Å². The molecule has 6 heteroatoms. The van der Waals surface area contributed by atoms with Gasteiger partial charge in [0.25, 0.3) is 0 Å². The molecule has 3 aromatic rings. The number of benzene rings is 2. The standard InChI is InChI=1S/C35H47N5O/c1-24-7-6-10-26(19-24)30(21-35(41)39-29-14-12-28(37)13-15-29)32-23-40(22-25-8-4-3-5-9-25)34-16-11-27(20-31(32)34)33(38-2)17-18-36/h6-7,10-11,16-20,23,25,28-30,36,38H,3-5,8-9,12-15,21-22,37H2,1-2H3,(H,39,41)/p+1/b33-17-,36-18?. The van der Waals surface area contributed by atoms with Crippen molar-refractivity contribution in [3.8, 4) is 0 Å². The van der Waals surface area contributed by atoms with Crippen molar-refractivity contribution < 1.29 is 10.1 Å². The van der Waals surface area contributed by atoms with Gasteiger partial charge in [-0.25, -0.2) is 0 Å². The van der Waals surface area contributed by atoms with E-state index in [9.17, 15) is 4.79 Å². The molecule has 2 fully saturated rings. The SMILES string of the molecule is C[NH2+]/C(=C\C=N)c1ccc2c(c1)c(C(CC(=O)NC1CCC(N)CC1)c1cccc(C)c1)cn2CC1CCCCC1. The van der Waals surface area contributed by atoms with E-state index < -0.39 is 0 Å². The predicted molar refractivity (Wildman–Crippen MR) is 169 cm³/mol. The van der Waals surface area contributed by atoms with Crippen molar-refractivity contribution in [2.24, 2.45) is 11.7 Å². The zero-order valence-electron chi connectivity index (χ0n) is 24.9. The Morgan fingerprint density at radius 2 is 1.88 bits per heavy atom. The quantitative estimate of drug-likeness (QED) is 0.245. The summed E-state index contributed by atoms with van der Waals surface area (Å²) in [6.07, 6.45) is 16.4. The predicted octanol–water partition coefficient (Wildman–Crippen LogP) is 5.62. The Bertz CT molecular complexity index is 1370. The van der Waals surface area contributed by atoms with E-state index >= 15 is 0 Å². The number of quaternary nitrogens is 1. The van der Waals surface area contributed by atoms with Gasteiger partial charge in [0.15, 0.2) is 0 Å². The number of fused-ring (bicyclic) bond motifs is 1. The van der Waals surface area contributed by atoms with Crippen LogP contribution in [0.4, 0.5) is 0 Å². The van der Waals surface area contributed by atoms with Gasteiger partial charge in [0, 0.05) is 65.9 Å². The number of aryl methyl sites for hydroxylation is 1. The molecule has 1 aromatic heterocycles. The molecule has 0 radical (unpaired) electrons. The number of carbonyl (C=O) groups excluding carboxylic acids is 1. The van der Waals surface area contributed by atoms with E-state index in [0.29, 0.717) is 12.3 Å². The van der Waals surface area contributed by atoms with Crippen molar-refractivity contribution in [3.63, 3.8) is 0 Å². The van der Waals surface area contributed by atoms with E-state index in [0.717, 1.165) is 43.5 Å². The van der Waals surface area contributed by atoms with Gasteiger partial charge in [-0.1, -0.05) is 49.1 Å². The second-order valence-corrected chi connectivity index (χ2v) is 12.4. The van der Waals surface area contributed by atoms with Crippen molar-refractivity contribution in [2.75, 3.05) is 7.05 Å². The minimum absolute atomic E-state index is 0.0492. The number of nitrogens with zero attached hydrogens (tertiary/aromatic N) is 1. The monoisotopic (exact) mass is 554 g/mol. The molecule has 41 heavy (non-hydrogen) atoms. The van der Waals surface area contributed by atoms with Crippen LogP contribution in [-0.2, 0) is 11.3 Å². The molecule has 1 unspecified atom stereocenters. The van der Waals surface area contributed by atoms with Gasteiger partial charge in [-0.15, -0.1) is 0 Å². The fraction of sp³-hybridized carbons (Fsp3) is 0.486. The third-order valence-electron chi connectivity index (χ3n) is 9.35. The first-order valence-electron chi connectivity index (χ1n) is 15.7. The third-order valence-corrected chi connectivity index (χ3v) is 9.35. The number of rotatable bonds is 10. The summed E-state index contributed by atoms with van der Waals surface area (Å²) in [6.45, 7) is 3.15. The number of hydrogen-bond donors (Lipinski definition) is 4. The molecule has 1 atom stereocenters. The molecule has 2 aromatic carbocycles. The van der Waals surface area contributed by atoms with Gasteiger partial charge in [-0.2, -0.15) is 0 Å². The maximum atomic E-state index is 13.6. The van der Waals surface area contributed by atoms with E-state index in [1.165, 1.54) is 65.9 Å². The summed E-state index contributed by atoms with van der Waals surface area (Å²) in [5.74, 6) is 0.766. The van der Waals surface area contributed by atoms with Crippen LogP contribution in [0.1, 0.15) is 92.4 Å². The molecule has 0 saturated heterocycles. The van der Waals surface area contributed by atoms with Gasteiger partial charge < -0.3 is 26.3 Å². The van der Waals surface area contributed by atoms with E-state index in [1.54, 1.807) is 0 Å². The van der Waals surface area contributed by atoms with Crippen LogP contribution in [0, 0.1) is 18.3 Å². The lowest BCUT2D eigenvalue weighted by Crippen LogP contribution is -2.76. The lowest BCUT2D eigenvalue weighted by atomic mass is 9.86. The van der Waals surface area contributed by atoms with Gasteiger partial charge in [-0.05, 0) is 80.7 Å². The Labute approximate surface area is 245 Å². The number of hydrogen-bond acceptors (Lipinski definition) is 3. The van der Waals surface area contributed by atoms with Crippen LogP contribution < -0.4 is 16.4 Å². The largest absolute Gasteiger partial charge is 0.353 e. The average Bonchev–Trinajstić information content (AvgIpc) is 3.33. The van der Waals surface area contributed by atoms with Crippen LogP contribution in [0.25, 0.3) is 16.6 Å². The number of nitrogens with two attached hydrogens (primary N) is 2. The summed E-state index contributed by atoms with van der Waals surface area (Å²) in [6, 6.07) is 15.8. The first kappa shape index (κ1) is 29.3. The van der Waals surface area contributed by atoms with E-state index in [4.69, 9.17) is 11.1 Å². The van der Waals surface area contributed by atoms with Gasteiger partial charge >= 0.3 is 0 Å². The Balaban J connectivity index is 1.56. The van der Waals surface area contributed by atoms with Crippen LogP contribution in [0.2, 0.25) is 0 Å². The number of aromatic nitrogens is 1. The average molecular weight is 555 g/mol. The van der Waals surface area contributed by atoms with E-state index in [-0.39, 0.29) is 23.9 Å². The van der Waals surface area contributed by atoms with Gasteiger partial charge in [0.05, 0.1) is 7.05 Å². The fourth-order valence-corrected chi connectivity index (χ4v) is 7.06. The number of allylic oxidation sites excluding steroid dienone is 1. The lowest BCUT2D eigenvalue weighted by molar-refractivity contribution is -0.530. The second-order valence-electron chi connectivity index (χ2n) is 12.4. The summed E-state index contributed by atoms with van der Waals surface area (Å²) < 4.78 is 2.46. The molecule has 2 saturated carbocycles. The van der Waals surface area contributed by atoms with Crippen LogP contribution >= 0.6 is 0 Å². The van der Waals surface area contributed by atoms with Crippen LogP contribution in [0.15, 0.2) is 54.7 Å². The molecule has 1 amide bonds. The van der Waals surface area contributed by atoms with Crippen molar-refractivity contribution in [1.29, 1.82) is 5.41 Å². The Morgan fingerprint density at radius 3 is 2.59 bits per heavy atom. The van der Waals surface area contributed by atoms with E-state index in [2.05, 4.69) is 70.8 Å². The molecule has 6 nitrogen and oxygen atoms in total. The lowest BCUT2D eigenvalue weighted by Gasteiger charge is -2.27. The maximum Gasteiger partial charge on any atom is 0.221 e. The van der Waals surface area contributed by atoms with Gasteiger partial charge in [-0.3, -0.25) is 4.79 Å². The van der Waals surface area contributed by atoms with E-state index in [1.807, 2.05) is 13.1 Å². The molecule has 2 aliphatic rings. The zero-order chi connectivity index (χ0) is 28.8. The van der Waals surface area contributed by atoms with Gasteiger partial charge in [0.2, 0.25) is 5.91 Å². The smallest absolute Gasteiger partial charge is 0.221 e. The minimum atomic E-state index is -0.0492. The van der Waals surface area contributed by atoms with Crippen LogP contribution in [-0.4, -0.2) is 35.8 Å². The highest BCUT2D eigenvalue weighted by Gasteiger charge is 2.27. The summed E-state index contributed by atoms with van der Waals surface area (Å²) >= 11 is 0. The maximum absolute atomic E-state index is 13.6. The minimum Gasteiger partial charge on any atom is -0.353 e. The molecular weight excluding hydrogens is 506 g/mol. The Morgan fingerprint density at radius 1 is 1.10 bits per heavy atom. The highest BCUT2D eigenvalue weighted by Crippen LogP contribution is 2.37. The fourth-order valence-electron chi connectivity index (χ4n) is 7.06. The molecule has 1 heterocycles. The molecule has 2 aliphatic carbocycles. The van der Waals surface area contributed by atoms with Crippen molar-refractivity contribution >= 4 is 28.7 Å². The summed E-state index contributed by atoms with van der Waals surface area (Å²) in [4.78, 5) is 13.6. The first-order valence-corrected chi connectivity index (χ1v) is 15.7. The molecular formula is C35H48N5O+.